The molecule has 1 N–H and O–H groups in total. The van der Waals surface area contributed by atoms with Crippen LogP contribution in [0.1, 0.15) is 44.7 Å². The van der Waals surface area contributed by atoms with Crippen molar-refractivity contribution in [2.24, 2.45) is 5.92 Å². The fourth-order valence-corrected chi connectivity index (χ4v) is 5.00. The van der Waals surface area contributed by atoms with Crippen molar-refractivity contribution in [2.45, 2.75) is 39.4 Å². The Morgan fingerprint density at radius 2 is 1.73 bits per heavy atom. The molecule has 2 aromatic carbocycles. The first-order chi connectivity index (χ1) is 15.8. The average molecular weight is 563 g/mol. The summed E-state index contributed by atoms with van der Waals surface area (Å²) in [4.78, 5) is 29.5. The van der Waals surface area contributed by atoms with E-state index in [-0.39, 0.29) is 0 Å². The van der Waals surface area contributed by atoms with Crippen molar-refractivity contribution in [3.63, 3.8) is 0 Å². The van der Waals surface area contributed by atoms with Crippen LogP contribution in [0.4, 0.5) is 0 Å². The van der Waals surface area contributed by atoms with Gasteiger partial charge in [-0.2, -0.15) is 0 Å². The lowest BCUT2D eigenvalue weighted by atomic mass is 9.80. The Morgan fingerprint density at radius 3 is 2.39 bits per heavy atom. The summed E-state index contributed by atoms with van der Waals surface area (Å²) in [5.74, 6) is -3.16. The van der Waals surface area contributed by atoms with Crippen LogP contribution in [0.5, 0.6) is 11.5 Å². The standard InChI is InChI=1S/C25H26INO6/c1-5-30-19-12-14(11-17(26)22(19)31-6-2)20(16-13-27-18-10-8-7-9-15(16)18)21-23(28)32-25(3,4)33-24(21)29/h7-13,20-21,27H,5-6H2,1-4H3/t20-/m0/s1. The van der Waals surface area contributed by atoms with Crippen molar-refractivity contribution < 1.29 is 28.5 Å². The van der Waals surface area contributed by atoms with Gasteiger partial charge in [-0.3, -0.25) is 9.59 Å². The molecule has 8 heteroatoms. The van der Waals surface area contributed by atoms with Crippen molar-refractivity contribution in [3.05, 3.63) is 57.3 Å². The van der Waals surface area contributed by atoms with Crippen LogP contribution in [0.15, 0.2) is 42.6 Å². The minimum atomic E-state index is -1.31. The number of aromatic nitrogens is 1. The summed E-state index contributed by atoms with van der Waals surface area (Å²) >= 11 is 2.19. The highest BCUT2D eigenvalue weighted by molar-refractivity contribution is 14.1. The van der Waals surface area contributed by atoms with Crippen molar-refractivity contribution >= 4 is 45.4 Å². The number of esters is 2. The molecule has 0 spiro atoms. The van der Waals surface area contributed by atoms with E-state index in [1.165, 1.54) is 0 Å². The second-order valence-electron chi connectivity index (χ2n) is 8.18. The third-order valence-corrected chi connectivity index (χ3v) is 6.27. The summed E-state index contributed by atoms with van der Waals surface area (Å²) in [6.45, 7) is 7.82. The predicted octanol–water partition coefficient (Wildman–Crippen LogP) is 5.15. The zero-order valence-electron chi connectivity index (χ0n) is 18.9. The Labute approximate surface area is 205 Å². The number of rotatable bonds is 7. The van der Waals surface area contributed by atoms with E-state index < -0.39 is 29.6 Å². The molecule has 7 nitrogen and oxygen atoms in total. The Kier molecular flexibility index (Phi) is 6.56. The molecular formula is C25H26INO6. The molecular weight excluding hydrogens is 537 g/mol. The molecule has 3 aromatic rings. The smallest absolute Gasteiger partial charge is 0.324 e. The van der Waals surface area contributed by atoms with E-state index >= 15 is 0 Å². The third kappa shape index (κ3) is 4.53. The molecule has 0 bridgehead atoms. The molecule has 174 valence electrons. The van der Waals surface area contributed by atoms with Gasteiger partial charge in [0.25, 0.3) is 5.79 Å². The molecule has 33 heavy (non-hydrogen) atoms. The highest BCUT2D eigenvalue weighted by atomic mass is 127. The Balaban J connectivity index is 1.92. The molecule has 4 rings (SSSR count). The topological polar surface area (TPSA) is 86.9 Å². The van der Waals surface area contributed by atoms with Crippen LogP contribution in [0.25, 0.3) is 10.9 Å². The van der Waals surface area contributed by atoms with Crippen molar-refractivity contribution in [1.82, 2.24) is 4.98 Å². The van der Waals surface area contributed by atoms with Gasteiger partial charge < -0.3 is 23.9 Å². The van der Waals surface area contributed by atoms with Crippen molar-refractivity contribution in [1.29, 1.82) is 0 Å². The molecule has 0 radical (unpaired) electrons. The summed E-state index contributed by atoms with van der Waals surface area (Å²) in [6.07, 6.45) is 1.83. The zero-order valence-corrected chi connectivity index (χ0v) is 21.1. The summed E-state index contributed by atoms with van der Waals surface area (Å²) in [7, 11) is 0. The monoisotopic (exact) mass is 563 g/mol. The maximum Gasteiger partial charge on any atom is 0.324 e. The number of cyclic esters (lactones) is 2. The van der Waals surface area contributed by atoms with E-state index in [4.69, 9.17) is 18.9 Å². The fraction of sp³-hybridized carbons (Fsp3) is 0.360. The molecule has 1 aliphatic rings. The third-order valence-electron chi connectivity index (χ3n) is 5.47. The quantitative estimate of drug-likeness (QED) is 0.243. The molecule has 0 amide bonds. The average Bonchev–Trinajstić information content (AvgIpc) is 3.16. The van der Waals surface area contributed by atoms with Crippen LogP contribution in [-0.2, 0) is 19.1 Å². The SMILES string of the molecule is CCOc1cc([C@@H](c2c[nH]c3ccccc23)C2C(=O)OC(C)(C)OC2=O)cc(I)c1OCC. The van der Waals surface area contributed by atoms with E-state index in [2.05, 4.69) is 27.6 Å². The van der Waals surface area contributed by atoms with E-state index in [0.717, 1.165) is 25.6 Å². The van der Waals surface area contributed by atoms with Gasteiger partial charge >= 0.3 is 11.9 Å². The van der Waals surface area contributed by atoms with E-state index in [1.807, 2.05) is 56.4 Å². The van der Waals surface area contributed by atoms with Crippen molar-refractivity contribution in [3.8, 4) is 11.5 Å². The number of hydrogen-bond donors (Lipinski definition) is 1. The normalized spacial score (nSPS) is 16.9. The van der Waals surface area contributed by atoms with Crippen molar-refractivity contribution in [2.75, 3.05) is 13.2 Å². The lowest BCUT2D eigenvalue weighted by Gasteiger charge is -2.36. The number of carbonyl (C=O) groups is 2. The van der Waals surface area contributed by atoms with Gasteiger partial charge in [-0.1, -0.05) is 18.2 Å². The highest BCUT2D eigenvalue weighted by Gasteiger charge is 2.49. The molecule has 1 atom stereocenters. The van der Waals surface area contributed by atoms with Gasteiger partial charge in [-0.25, -0.2) is 0 Å². The molecule has 2 heterocycles. The summed E-state index contributed by atoms with van der Waals surface area (Å²) in [5, 5.41) is 0.912. The fourth-order valence-electron chi connectivity index (χ4n) is 4.22. The first-order valence-corrected chi connectivity index (χ1v) is 11.9. The minimum Gasteiger partial charge on any atom is -0.490 e. The second kappa shape index (κ2) is 9.24. The molecule has 1 fully saturated rings. The maximum atomic E-state index is 13.1. The van der Waals surface area contributed by atoms with Gasteiger partial charge in [0.1, 0.15) is 0 Å². The molecule has 1 aromatic heterocycles. The van der Waals surface area contributed by atoms with Gasteiger partial charge in [-0.15, -0.1) is 0 Å². The van der Waals surface area contributed by atoms with E-state index in [9.17, 15) is 9.59 Å². The number of aromatic amines is 1. The molecule has 1 saturated heterocycles. The van der Waals surface area contributed by atoms with E-state index in [0.29, 0.717) is 24.7 Å². The lowest BCUT2D eigenvalue weighted by molar-refractivity contribution is -0.240. The van der Waals surface area contributed by atoms with Gasteiger partial charge in [0.2, 0.25) is 0 Å². The zero-order chi connectivity index (χ0) is 23.8. The van der Waals surface area contributed by atoms with Gasteiger partial charge in [-0.05, 0) is 65.8 Å². The number of fused-ring (bicyclic) bond motifs is 1. The molecule has 0 unspecified atom stereocenters. The van der Waals surface area contributed by atoms with Crippen LogP contribution in [0.3, 0.4) is 0 Å². The number of halogens is 1. The molecule has 0 aliphatic carbocycles. The number of ether oxygens (including phenoxy) is 4. The summed E-state index contributed by atoms with van der Waals surface area (Å²) < 4.78 is 23.5. The van der Waals surface area contributed by atoms with Crippen LogP contribution in [0, 0.1) is 9.49 Å². The molecule has 0 saturated carbocycles. The van der Waals surface area contributed by atoms with E-state index in [1.54, 1.807) is 13.8 Å². The Hall–Kier alpha value is -2.75. The highest BCUT2D eigenvalue weighted by Crippen LogP contribution is 2.44. The predicted molar refractivity (Wildman–Crippen MR) is 131 cm³/mol. The summed E-state index contributed by atoms with van der Waals surface area (Å²) in [6, 6.07) is 11.5. The number of benzene rings is 2. The molecule has 1 aliphatic heterocycles. The number of para-hydroxylation sites is 1. The van der Waals surface area contributed by atoms with Gasteiger partial charge in [0, 0.05) is 36.9 Å². The van der Waals surface area contributed by atoms with Crippen LogP contribution in [-0.4, -0.2) is 35.9 Å². The maximum absolute atomic E-state index is 13.1. The Bertz CT molecular complexity index is 1180. The Morgan fingerprint density at radius 1 is 1.06 bits per heavy atom. The minimum absolute atomic E-state index is 0.444. The van der Waals surface area contributed by atoms with Crippen LogP contribution < -0.4 is 9.47 Å². The summed E-state index contributed by atoms with van der Waals surface area (Å²) in [5.41, 5.74) is 2.43. The van der Waals surface area contributed by atoms with Crippen LogP contribution >= 0.6 is 22.6 Å². The second-order valence-corrected chi connectivity index (χ2v) is 9.35. The number of hydrogen-bond acceptors (Lipinski definition) is 6. The number of carbonyl (C=O) groups excluding carboxylic acids is 2. The number of H-pyrrole nitrogens is 1. The van der Waals surface area contributed by atoms with Gasteiger partial charge in [0.15, 0.2) is 17.4 Å². The largest absolute Gasteiger partial charge is 0.490 e. The van der Waals surface area contributed by atoms with Gasteiger partial charge in [0.05, 0.1) is 16.8 Å². The first kappa shape index (κ1) is 23.4. The van der Waals surface area contributed by atoms with Crippen LogP contribution in [0.2, 0.25) is 0 Å². The number of nitrogens with one attached hydrogen (secondary N) is 1. The lowest BCUT2D eigenvalue weighted by Crippen LogP contribution is -2.48. The first-order valence-electron chi connectivity index (χ1n) is 10.9.